The van der Waals surface area contributed by atoms with Crippen molar-refractivity contribution in [2.24, 2.45) is 5.73 Å². The molecule has 1 unspecified atom stereocenters. The lowest BCUT2D eigenvalue weighted by Gasteiger charge is -2.13. The summed E-state index contributed by atoms with van der Waals surface area (Å²) in [5.41, 5.74) is 8.06. The summed E-state index contributed by atoms with van der Waals surface area (Å²) < 4.78 is 2.09. The molecule has 1 atom stereocenters. The van der Waals surface area contributed by atoms with Crippen LogP contribution in [0.5, 0.6) is 0 Å². The maximum absolute atomic E-state index is 6.21. The Morgan fingerprint density at radius 2 is 2.24 bits per heavy atom. The molecule has 0 spiro atoms. The molecule has 17 heavy (non-hydrogen) atoms. The highest BCUT2D eigenvalue weighted by atomic mass is 15.1. The number of hydrogen-bond acceptors (Lipinski definition) is 3. The summed E-state index contributed by atoms with van der Waals surface area (Å²) in [6.07, 6.45) is 4.83. The molecule has 4 nitrogen and oxygen atoms in total. The highest BCUT2D eigenvalue weighted by Crippen LogP contribution is 2.16. The number of nitrogens with zero attached hydrogens (tertiary/aromatic N) is 3. The zero-order valence-electron chi connectivity index (χ0n) is 10.3. The third-order valence-corrected chi connectivity index (χ3v) is 2.72. The second-order valence-electron chi connectivity index (χ2n) is 4.16. The molecule has 2 N–H and O–H groups in total. The molecule has 0 amide bonds. The van der Waals surface area contributed by atoms with E-state index >= 15 is 0 Å². The van der Waals surface area contributed by atoms with Gasteiger partial charge in [-0.05, 0) is 25.5 Å². The van der Waals surface area contributed by atoms with E-state index in [1.54, 1.807) is 6.20 Å². The molecule has 2 aromatic rings. The fourth-order valence-electron chi connectivity index (χ4n) is 1.90. The van der Waals surface area contributed by atoms with E-state index in [0.717, 1.165) is 30.2 Å². The van der Waals surface area contributed by atoms with E-state index in [0.29, 0.717) is 0 Å². The molecule has 0 aromatic carbocycles. The first-order valence-corrected chi connectivity index (χ1v) is 5.92. The SMILES string of the molecule is CCCn1ccnc1C(N)c1cccc(C)n1. The summed E-state index contributed by atoms with van der Waals surface area (Å²) in [4.78, 5) is 8.79. The van der Waals surface area contributed by atoms with Gasteiger partial charge in [0.15, 0.2) is 0 Å². The third-order valence-electron chi connectivity index (χ3n) is 2.72. The van der Waals surface area contributed by atoms with Crippen molar-refractivity contribution in [3.63, 3.8) is 0 Å². The van der Waals surface area contributed by atoms with Crippen molar-refractivity contribution in [1.82, 2.24) is 14.5 Å². The second kappa shape index (κ2) is 5.10. The molecule has 2 heterocycles. The van der Waals surface area contributed by atoms with Gasteiger partial charge in [0.25, 0.3) is 0 Å². The zero-order valence-corrected chi connectivity index (χ0v) is 10.3. The molecule has 2 rings (SSSR count). The van der Waals surface area contributed by atoms with Crippen LogP contribution in [0.4, 0.5) is 0 Å². The first-order chi connectivity index (χ1) is 8.22. The molecule has 0 saturated heterocycles. The van der Waals surface area contributed by atoms with Gasteiger partial charge in [-0.2, -0.15) is 0 Å². The molecule has 2 aromatic heterocycles. The van der Waals surface area contributed by atoms with Crippen molar-refractivity contribution in [3.8, 4) is 0 Å². The molecule has 4 heteroatoms. The quantitative estimate of drug-likeness (QED) is 0.874. The Balaban J connectivity index is 2.30. The summed E-state index contributed by atoms with van der Waals surface area (Å²) in [7, 11) is 0. The van der Waals surface area contributed by atoms with Crippen molar-refractivity contribution in [3.05, 3.63) is 47.8 Å². The maximum atomic E-state index is 6.21. The summed E-state index contributed by atoms with van der Waals surface area (Å²) in [5, 5.41) is 0. The van der Waals surface area contributed by atoms with Gasteiger partial charge in [-0.1, -0.05) is 13.0 Å². The summed E-state index contributed by atoms with van der Waals surface area (Å²) in [5.74, 6) is 0.880. The number of aryl methyl sites for hydroxylation is 2. The average Bonchev–Trinajstić information content (AvgIpc) is 2.77. The van der Waals surface area contributed by atoms with Gasteiger partial charge in [-0.25, -0.2) is 4.98 Å². The van der Waals surface area contributed by atoms with Crippen LogP contribution >= 0.6 is 0 Å². The second-order valence-corrected chi connectivity index (χ2v) is 4.16. The van der Waals surface area contributed by atoms with Crippen LogP contribution in [0.1, 0.15) is 36.6 Å². The van der Waals surface area contributed by atoms with Crippen molar-refractivity contribution in [2.45, 2.75) is 32.9 Å². The lowest BCUT2D eigenvalue weighted by atomic mass is 10.1. The van der Waals surface area contributed by atoms with Crippen molar-refractivity contribution >= 4 is 0 Å². The highest BCUT2D eigenvalue weighted by Gasteiger charge is 2.15. The lowest BCUT2D eigenvalue weighted by molar-refractivity contribution is 0.606. The van der Waals surface area contributed by atoms with E-state index in [4.69, 9.17) is 5.73 Å². The van der Waals surface area contributed by atoms with Crippen molar-refractivity contribution in [2.75, 3.05) is 0 Å². The number of hydrogen-bond donors (Lipinski definition) is 1. The van der Waals surface area contributed by atoms with Crippen LogP contribution in [0.25, 0.3) is 0 Å². The minimum atomic E-state index is -0.253. The van der Waals surface area contributed by atoms with Crippen LogP contribution in [0.15, 0.2) is 30.6 Å². The molecule has 0 aliphatic rings. The average molecular weight is 230 g/mol. The molecule has 0 aliphatic carbocycles. The Labute approximate surface area is 102 Å². The van der Waals surface area contributed by atoms with Gasteiger partial charge in [0, 0.05) is 24.6 Å². The molecule has 90 valence electrons. The van der Waals surface area contributed by atoms with Crippen LogP contribution in [0.3, 0.4) is 0 Å². The van der Waals surface area contributed by atoms with Gasteiger partial charge < -0.3 is 10.3 Å². The van der Waals surface area contributed by atoms with Gasteiger partial charge in [0.05, 0.1) is 5.69 Å². The number of pyridine rings is 1. The lowest BCUT2D eigenvalue weighted by Crippen LogP contribution is -2.19. The van der Waals surface area contributed by atoms with Crippen LogP contribution in [0, 0.1) is 6.92 Å². The standard InChI is InChI=1S/C13H18N4/c1-3-8-17-9-7-15-13(17)12(14)11-6-4-5-10(2)16-11/h4-7,9,12H,3,8,14H2,1-2H3. The fourth-order valence-corrected chi connectivity index (χ4v) is 1.90. The molecule has 0 saturated carbocycles. The van der Waals surface area contributed by atoms with Crippen molar-refractivity contribution in [1.29, 1.82) is 0 Å². The number of aromatic nitrogens is 3. The van der Waals surface area contributed by atoms with Gasteiger partial charge in [-0.3, -0.25) is 4.98 Å². The minimum absolute atomic E-state index is 0.253. The van der Waals surface area contributed by atoms with Crippen LogP contribution in [0.2, 0.25) is 0 Å². The molecular formula is C13H18N4. The maximum Gasteiger partial charge on any atom is 0.131 e. The Bertz CT molecular complexity index is 490. The topological polar surface area (TPSA) is 56.7 Å². The Morgan fingerprint density at radius 3 is 2.94 bits per heavy atom. The first kappa shape index (κ1) is 11.8. The smallest absolute Gasteiger partial charge is 0.131 e. The highest BCUT2D eigenvalue weighted by molar-refractivity contribution is 5.19. The van der Waals surface area contributed by atoms with Gasteiger partial charge >= 0.3 is 0 Å². The zero-order chi connectivity index (χ0) is 12.3. The van der Waals surface area contributed by atoms with E-state index in [-0.39, 0.29) is 6.04 Å². The normalized spacial score (nSPS) is 12.6. The van der Waals surface area contributed by atoms with Gasteiger partial charge in [0.1, 0.15) is 11.9 Å². The summed E-state index contributed by atoms with van der Waals surface area (Å²) >= 11 is 0. The van der Waals surface area contributed by atoms with E-state index in [9.17, 15) is 0 Å². The molecule has 0 aliphatic heterocycles. The number of nitrogens with two attached hydrogens (primary N) is 1. The molecule has 0 bridgehead atoms. The van der Waals surface area contributed by atoms with E-state index in [2.05, 4.69) is 21.5 Å². The predicted molar refractivity (Wildman–Crippen MR) is 67.5 cm³/mol. The number of rotatable bonds is 4. The van der Waals surface area contributed by atoms with Crippen LogP contribution in [-0.2, 0) is 6.54 Å². The molecule has 0 fully saturated rings. The Morgan fingerprint density at radius 1 is 1.41 bits per heavy atom. The van der Waals surface area contributed by atoms with E-state index in [1.165, 1.54) is 0 Å². The monoisotopic (exact) mass is 230 g/mol. The summed E-state index contributed by atoms with van der Waals surface area (Å²) in [6, 6.07) is 5.64. The summed E-state index contributed by atoms with van der Waals surface area (Å²) in [6.45, 7) is 5.05. The Kier molecular flexibility index (Phi) is 3.54. The number of imidazole rings is 1. The minimum Gasteiger partial charge on any atom is -0.333 e. The predicted octanol–water partition coefficient (Wildman–Crippen LogP) is 2.04. The molecule has 0 radical (unpaired) electrons. The fraction of sp³-hybridized carbons (Fsp3) is 0.385. The third kappa shape index (κ3) is 2.53. The van der Waals surface area contributed by atoms with Crippen LogP contribution in [-0.4, -0.2) is 14.5 Å². The van der Waals surface area contributed by atoms with E-state index < -0.39 is 0 Å². The van der Waals surface area contributed by atoms with E-state index in [1.807, 2.05) is 31.3 Å². The van der Waals surface area contributed by atoms with Crippen LogP contribution < -0.4 is 5.73 Å². The largest absolute Gasteiger partial charge is 0.333 e. The Hall–Kier alpha value is -1.68. The van der Waals surface area contributed by atoms with Crippen molar-refractivity contribution < 1.29 is 0 Å². The van der Waals surface area contributed by atoms with Gasteiger partial charge in [-0.15, -0.1) is 0 Å². The molecular weight excluding hydrogens is 212 g/mol. The first-order valence-electron chi connectivity index (χ1n) is 5.92. The van der Waals surface area contributed by atoms with Gasteiger partial charge in [0.2, 0.25) is 0 Å².